The second kappa shape index (κ2) is 8.32. The molecule has 26 heavy (non-hydrogen) atoms. The molecular formula is C21H18N2O2S. The van der Waals surface area contributed by atoms with Crippen molar-refractivity contribution in [3.05, 3.63) is 64.5 Å². The minimum absolute atomic E-state index is 0.517. The first kappa shape index (κ1) is 17.7. The maximum Gasteiger partial charge on any atom is 0.161 e. The number of hydrogen-bond donors (Lipinski definition) is 0. The van der Waals surface area contributed by atoms with Crippen molar-refractivity contribution < 1.29 is 9.47 Å². The van der Waals surface area contributed by atoms with Crippen molar-refractivity contribution in [2.24, 2.45) is 0 Å². The SMILES string of the molecule is CCOc1ccc(/C=C(/C#N)c2nc(-c3ccccc3)cs2)cc1OC. The summed E-state index contributed by atoms with van der Waals surface area (Å²) < 4.78 is 10.9. The molecule has 0 unspecified atom stereocenters. The van der Waals surface area contributed by atoms with Crippen molar-refractivity contribution >= 4 is 23.0 Å². The van der Waals surface area contributed by atoms with Crippen LogP contribution in [0.25, 0.3) is 22.9 Å². The van der Waals surface area contributed by atoms with Gasteiger partial charge in [0.15, 0.2) is 11.5 Å². The third-order valence-electron chi connectivity index (χ3n) is 3.72. The van der Waals surface area contributed by atoms with Gasteiger partial charge in [0.25, 0.3) is 0 Å². The molecule has 2 aromatic carbocycles. The molecule has 0 spiro atoms. The Hall–Kier alpha value is -3.10. The zero-order valence-electron chi connectivity index (χ0n) is 14.6. The zero-order valence-corrected chi connectivity index (χ0v) is 15.4. The molecule has 130 valence electrons. The lowest BCUT2D eigenvalue weighted by molar-refractivity contribution is 0.311. The van der Waals surface area contributed by atoms with E-state index in [0.29, 0.717) is 28.7 Å². The van der Waals surface area contributed by atoms with Gasteiger partial charge in [0.05, 0.1) is 25.0 Å². The number of nitriles is 1. The highest BCUT2D eigenvalue weighted by Gasteiger charge is 2.10. The second-order valence-electron chi connectivity index (χ2n) is 5.42. The molecular weight excluding hydrogens is 344 g/mol. The highest BCUT2D eigenvalue weighted by molar-refractivity contribution is 7.11. The van der Waals surface area contributed by atoms with Crippen molar-refractivity contribution in [2.45, 2.75) is 6.92 Å². The van der Waals surface area contributed by atoms with Gasteiger partial charge >= 0.3 is 0 Å². The van der Waals surface area contributed by atoms with Crippen LogP contribution in [0, 0.1) is 11.3 Å². The van der Waals surface area contributed by atoms with Gasteiger partial charge in [-0.2, -0.15) is 5.26 Å². The Morgan fingerprint density at radius 3 is 2.69 bits per heavy atom. The van der Waals surface area contributed by atoms with Gasteiger partial charge in [-0.25, -0.2) is 4.98 Å². The maximum atomic E-state index is 9.58. The number of rotatable bonds is 6. The largest absolute Gasteiger partial charge is 0.493 e. The van der Waals surface area contributed by atoms with E-state index in [1.807, 2.05) is 66.9 Å². The summed E-state index contributed by atoms with van der Waals surface area (Å²) >= 11 is 1.46. The van der Waals surface area contributed by atoms with Gasteiger partial charge in [-0.15, -0.1) is 11.3 Å². The molecule has 0 saturated heterocycles. The number of allylic oxidation sites excluding steroid dienone is 1. The average molecular weight is 362 g/mol. The number of nitrogens with zero attached hydrogens (tertiary/aromatic N) is 2. The molecule has 0 aliphatic rings. The van der Waals surface area contributed by atoms with E-state index in [9.17, 15) is 5.26 Å². The van der Waals surface area contributed by atoms with Crippen LogP contribution in [-0.4, -0.2) is 18.7 Å². The van der Waals surface area contributed by atoms with E-state index in [4.69, 9.17) is 9.47 Å². The van der Waals surface area contributed by atoms with Gasteiger partial charge in [-0.3, -0.25) is 0 Å². The maximum absolute atomic E-state index is 9.58. The van der Waals surface area contributed by atoms with Crippen molar-refractivity contribution in [3.8, 4) is 28.8 Å². The molecule has 1 aromatic heterocycles. The molecule has 1 heterocycles. The van der Waals surface area contributed by atoms with Crippen LogP contribution in [0.2, 0.25) is 0 Å². The molecule has 0 fully saturated rings. The van der Waals surface area contributed by atoms with Crippen LogP contribution in [0.1, 0.15) is 17.5 Å². The van der Waals surface area contributed by atoms with Crippen molar-refractivity contribution in [1.82, 2.24) is 4.98 Å². The zero-order chi connectivity index (χ0) is 18.4. The van der Waals surface area contributed by atoms with Gasteiger partial charge in [-0.1, -0.05) is 36.4 Å². The van der Waals surface area contributed by atoms with E-state index in [1.54, 1.807) is 7.11 Å². The molecule has 0 radical (unpaired) electrons. The molecule has 0 amide bonds. The summed E-state index contributed by atoms with van der Waals surface area (Å²) in [6, 6.07) is 17.8. The van der Waals surface area contributed by atoms with E-state index < -0.39 is 0 Å². The van der Waals surface area contributed by atoms with E-state index in [1.165, 1.54) is 11.3 Å². The van der Waals surface area contributed by atoms with Crippen molar-refractivity contribution in [1.29, 1.82) is 5.26 Å². The minimum atomic E-state index is 0.517. The van der Waals surface area contributed by atoms with Gasteiger partial charge in [0, 0.05) is 10.9 Å². The molecule has 3 rings (SSSR count). The lowest BCUT2D eigenvalue weighted by atomic mass is 10.1. The fourth-order valence-corrected chi connectivity index (χ4v) is 3.29. The summed E-state index contributed by atoms with van der Waals surface area (Å²) in [6.07, 6.45) is 1.81. The van der Waals surface area contributed by atoms with Crippen LogP contribution >= 0.6 is 11.3 Å². The fraction of sp³-hybridized carbons (Fsp3) is 0.143. The third kappa shape index (κ3) is 3.93. The molecule has 0 bridgehead atoms. The van der Waals surface area contributed by atoms with E-state index in [2.05, 4.69) is 11.1 Å². The molecule has 0 atom stereocenters. The van der Waals surface area contributed by atoms with Gasteiger partial charge < -0.3 is 9.47 Å². The normalized spacial score (nSPS) is 11.0. The highest BCUT2D eigenvalue weighted by atomic mass is 32.1. The minimum Gasteiger partial charge on any atom is -0.493 e. The number of methoxy groups -OCH3 is 1. The lowest BCUT2D eigenvalue weighted by Crippen LogP contribution is -1.95. The fourth-order valence-electron chi connectivity index (χ4n) is 2.50. The standard InChI is InChI=1S/C21H18N2O2S/c1-3-25-19-10-9-15(12-20(19)24-2)11-17(13-22)21-23-18(14-26-21)16-7-5-4-6-8-16/h4-12,14H,3H2,1-2H3/b17-11-. The summed E-state index contributed by atoms with van der Waals surface area (Å²) in [7, 11) is 1.60. The monoisotopic (exact) mass is 362 g/mol. The van der Waals surface area contributed by atoms with E-state index >= 15 is 0 Å². The molecule has 5 heteroatoms. The summed E-state index contributed by atoms with van der Waals surface area (Å²) in [5, 5.41) is 12.2. The first-order valence-electron chi connectivity index (χ1n) is 8.19. The van der Waals surface area contributed by atoms with E-state index in [0.717, 1.165) is 16.8 Å². The number of benzene rings is 2. The topological polar surface area (TPSA) is 55.1 Å². The van der Waals surface area contributed by atoms with Crippen molar-refractivity contribution in [3.63, 3.8) is 0 Å². The summed E-state index contributed by atoms with van der Waals surface area (Å²) in [5.41, 5.74) is 3.28. The van der Waals surface area contributed by atoms with Crippen LogP contribution in [0.15, 0.2) is 53.9 Å². The number of ether oxygens (including phenoxy) is 2. The summed E-state index contributed by atoms with van der Waals surface area (Å²) in [5.74, 6) is 1.33. The van der Waals surface area contributed by atoms with Crippen LogP contribution in [0.5, 0.6) is 11.5 Å². The van der Waals surface area contributed by atoms with Crippen molar-refractivity contribution in [2.75, 3.05) is 13.7 Å². The number of thiazole rings is 1. The van der Waals surface area contributed by atoms with Crippen LogP contribution in [0.4, 0.5) is 0 Å². The Morgan fingerprint density at radius 1 is 1.19 bits per heavy atom. The molecule has 3 aromatic rings. The highest BCUT2D eigenvalue weighted by Crippen LogP contribution is 2.31. The quantitative estimate of drug-likeness (QED) is 0.560. The second-order valence-corrected chi connectivity index (χ2v) is 6.28. The molecule has 4 nitrogen and oxygen atoms in total. The molecule has 0 N–H and O–H groups in total. The van der Waals surface area contributed by atoms with Gasteiger partial charge in [0.1, 0.15) is 11.1 Å². The van der Waals surface area contributed by atoms with Crippen LogP contribution in [0.3, 0.4) is 0 Å². The smallest absolute Gasteiger partial charge is 0.161 e. The first-order valence-corrected chi connectivity index (χ1v) is 9.07. The Kier molecular flexibility index (Phi) is 5.67. The predicted molar refractivity (Wildman–Crippen MR) is 105 cm³/mol. The number of aromatic nitrogens is 1. The van der Waals surface area contributed by atoms with Crippen LogP contribution < -0.4 is 9.47 Å². The summed E-state index contributed by atoms with van der Waals surface area (Å²) in [6.45, 7) is 2.49. The average Bonchev–Trinajstić information content (AvgIpc) is 3.18. The van der Waals surface area contributed by atoms with Gasteiger partial charge in [-0.05, 0) is 30.7 Å². The lowest BCUT2D eigenvalue weighted by Gasteiger charge is -2.09. The van der Waals surface area contributed by atoms with E-state index in [-0.39, 0.29) is 0 Å². The Balaban J connectivity index is 1.92. The third-order valence-corrected chi connectivity index (χ3v) is 4.60. The Morgan fingerprint density at radius 2 is 2.00 bits per heavy atom. The first-order chi connectivity index (χ1) is 12.7. The number of hydrogen-bond acceptors (Lipinski definition) is 5. The van der Waals surface area contributed by atoms with Crippen LogP contribution in [-0.2, 0) is 0 Å². The predicted octanol–water partition coefficient (Wildman–Crippen LogP) is 5.28. The summed E-state index contributed by atoms with van der Waals surface area (Å²) in [4.78, 5) is 4.61. The molecule has 0 saturated carbocycles. The van der Waals surface area contributed by atoms with Gasteiger partial charge in [0.2, 0.25) is 0 Å². The molecule has 0 aliphatic heterocycles. The molecule has 0 aliphatic carbocycles. The Bertz CT molecular complexity index is 956. The Labute approximate surface area is 157 Å².